The summed E-state index contributed by atoms with van der Waals surface area (Å²) in [6.07, 6.45) is 8.28. The molecule has 1 aromatic heterocycles. The van der Waals surface area contributed by atoms with Crippen molar-refractivity contribution < 1.29 is 9.90 Å². The first-order valence-corrected chi connectivity index (χ1v) is 7.85. The molecule has 4 aliphatic rings. The molecule has 1 aromatic rings. The second-order valence-electron chi connectivity index (χ2n) is 6.70. The molecule has 4 aliphatic carbocycles. The summed E-state index contributed by atoms with van der Waals surface area (Å²) in [5.41, 5.74) is 0.846. The zero-order valence-corrected chi connectivity index (χ0v) is 11.2. The number of carboxylic acid groups (broad SMARTS) is 1. The Balaban J connectivity index is 1.72. The second kappa shape index (κ2) is 3.60. The molecule has 2 nitrogen and oxygen atoms in total. The fourth-order valence-electron chi connectivity index (χ4n) is 5.14. The van der Waals surface area contributed by atoms with E-state index in [2.05, 4.69) is 0 Å². The minimum atomic E-state index is -0.776. The van der Waals surface area contributed by atoms with E-state index in [1.54, 1.807) is 11.3 Å². The number of carbonyl (C=O) groups is 1. The lowest BCUT2D eigenvalue weighted by Crippen LogP contribution is -2.48. The molecular weight excluding hydrogens is 244 g/mol. The third-order valence-corrected chi connectivity index (χ3v) is 6.58. The molecule has 96 valence electrons. The summed E-state index contributed by atoms with van der Waals surface area (Å²) in [6.45, 7) is 0. The average Bonchev–Trinajstić information content (AvgIpc) is 2.76. The van der Waals surface area contributed by atoms with Gasteiger partial charge in [0, 0.05) is 15.7 Å². The van der Waals surface area contributed by atoms with Crippen LogP contribution in [0, 0.1) is 17.8 Å². The number of carboxylic acids is 1. The predicted octanol–water partition coefficient (Wildman–Crippen LogP) is 3.91. The van der Waals surface area contributed by atoms with Gasteiger partial charge in [-0.15, -0.1) is 11.3 Å². The molecule has 0 unspecified atom stereocenters. The lowest BCUT2D eigenvalue weighted by Gasteiger charge is -2.56. The van der Waals surface area contributed by atoms with Crippen molar-refractivity contribution >= 4 is 17.3 Å². The van der Waals surface area contributed by atoms with Crippen molar-refractivity contribution in [2.75, 3.05) is 0 Å². The number of rotatable bonds is 2. The highest BCUT2D eigenvalue weighted by molar-refractivity contribution is 7.10. The van der Waals surface area contributed by atoms with Crippen molar-refractivity contribution in [3.05, 3.63) is 21.9 Å². The van der Waals surface area contributed by atoms with Crippen molar-refractivity contribution in [2.24, 2.45) is 17.8 Å². The van der Waals surface area contributed by atoms with Crippen LogP contribution >= 0.6 is 11.3 Å². The molecule has 18 heavy (non-hydrogen) atoms. The van der Waals surface area contributed by atoms with E-state index >= 15 is 0 Å². The molecular formula is C15H18O2S. The Bertz CT molecular complexity index is 467. The maximum absolute atomic E-state index is 11.0. The monoisotopic (exact) mass is 262 g/mol. The normalized spacial score (nSPS) is 41.2. The summed E-state index contributed by atoms with van der Waals surface area (Å²) in [5.74, 6) is 1.99. The highest BCUT2D eigenvalue weighted by Gasteiger charge is 2.52. The van der Waals surface area contributed by atoms with Crippen LogP contribution < -0.4 is 0 Å². The van der Waals surface area contributed by atoms with Gasteiger partial charge in [-0.2, -0.15) is 0 Å². The van der Waals surface area contributed by atoms with Gasteiger partial charge >= 0.3 is 5.97 Å². The lowest BCUT2D eigenvalue weighted by atomic mass is 9.49. The van der Waals surface area contributed by atoms with E-state index in [0.29, 0.717) is 11.0 Å². The van der Waals surface area contributed by atoms with Gasteiger partial charge in [0.2, 0.25) is 0 Å². The smallest absolute Gasteiger partial charge is 0.336 e. The molecule has 4 fully saturated rings. The van der Waals surface area contributed by atoms with E-state index in [1.807, 2.05) is 11.4 Å². The largest absolute Gasteiger partial charge is 0.478 e. The Morgan fingerprint density at radius 3 is 2.17 bits per heavy atom. The third kappa shape index (κ3) is 1.49. The van der Waals surface area contributed by atoms with Crippen LogP contribution in [0.4, 0.5) is 0 Å². The summed E-state index contributed by atoms with van der Waals surface area (Å²) in [6, 6.07) is 1.96. The number of thiophene rings is 1. The highest BCUT2D eigenvalue weighted by Crippen LogP contribution is 2.61. The average molecular weight is 262 g/mol. The molecule has 4 saturated carbocycles. The third-order valence-electron chi connectivity index (χ3n) is 5.41. The predicted molar refractivity (Wildman–Crippen MR) is 71.1 cm³/mol. The Morgan fingerprint density at radius 1 is 1.17 bits per heavy atom. The minimum absolute atomic E-state index is 0.354. The van der Waals surface area contributed by atoms with Crippen LogP contribution in [0.2, 0.25) is 0 Å². The van der Waals surface area contributed by atoms with Crippen molar-refractivity contribution in [1.29, 1.82) is 0 Å². The molecule has 0 aliphatic heterocycles. The zero-order chi connectivity index (χ0) is 12.3. The molecule has 4 bridgehead atoms. The van der Waals surface area contributed by atoms with Gasteiger partial charge in [0.25, 0.3) is 0 Å². The van der Waals surface area contributed by atoms with Crippen molar-refractivity contribution in [2.45, 2.75) is 43.9 Å². The van der Waals surface area contributed by atoms with Crippen LogP contribution in [0.3, 0.4) is 0 Å². The van der Waals surface area contributed by atoms with Gasteiger partial charge in [0.05, 0.1) is 5.56 Å². The Morgan fingerprint density at radius 2 is 1.72 bits per heavy atom. The Kier molecular flexibility index (Phi) is 2.20. The van der Waals surface area contributed by atoms with E-state index in [1.165, 1.54) is 43.4 Å². The first-order chi connectivity index (χ1) is 8.64. The molecule has 5 rings (SSSR count). The molecule has 1 heterocycles. The van der Waals surface area contributed by atoms with Crippen molar-refractivity contribution in [3.8, 4) is 0 Å². The number of hydrogen-bond donors (Lipinski definition) is 1. The van der Waals surface area contributed by atoms with Gasteiger partial charge in [-0.25, -0.2) is 4.79 Å². The lowest BCUT2D eigenvalue weighted by molar-refractivity contribution is -0.00348. The summed E-state index contributed by atoms with van der Waals surface area (Å²) in [5, 5.41) is 10.9. The van der Waals surface area contributed by atoms with Crippen molar-refractivity contribution in [1.82, 2.24) is 0 Å². The molecule has 0 atom stereocenters. The van der Waals surface area contributed by atoms with Crippen LogP contribution in [0.25, 0.3) is 0 Å². The van der Waals surface area contributed by atoms with Crippen molar-refractivity contribution in [3.63, 3.8) is 0 Å². The Labute approximate surface area is 111 Å². The molecule has 0 radical (unpaired) electrons. The first-order valence-electron chi connectivity index (χ1n) is 6.97. The molecule has 0 amide bonds. The molecule has 0 saturated heterocycles. The van der Waals surface area contributed by atoms with Gasteiger partial charge in [-0.1, -0.05) is 0 Å². The highest BCUT2D eigenvalue weighted by atomic mass is 32.1. The molecule has 0 aromatic carbocycles. The molecule has 0 spiro atoms. The van der Waals surface area contributed by atoms with Gasteiger partial charge in [0.1, 0.15) is 0 Å². The molecule has 1 N–H and O–H groups in total. The standard InChI is InChI=1S/C15H18O2S/c16-14(17)12-4-13(18-8-12)15-5-9-1-10(6-15)3-11(2-9)7-15/h4,8-11H,1-3,5-7H2,(H,16,17). The van der Waals surface area contributed by atoms with Gasteiger partial charge in [0.15, 0.2) is 0 Å². The Hall–Kier alpha value is -0.830. The molecule has 3 heteroatoms. The maximum Gasteiger partial charge on any atom is 0.336 e. The maximum atomic E-state index is 11.0. The van der Waals surface area contributed by atoms with E-state index < -0.39 is 5.97 Å². The SMILES string of the molecule is O=C(O)c1csc(C23CC4CC(CC(C4)C2)C3)c1. The van der Waals surface area contributed by atoms with E-state index in [-0.39, 0.29) is 0 Å². The first kappa shape index (κ1) is 11.0. The van der Waals surface area contributed by atoms with E-state index in [4.69, 9.17) is 5.11 Å². The summed E-state index contributed by atoms with van der Waals surface area (Å²) < 4.78 is 0. The quantitative estimate of drug-likeness (QED) is 0.877. The summed E-state index contributed by atoms with van der Waals surface area (Å²) in [4.78, 5) is 12.4. The fraction of sp³-hybridized carbons (Fsp3) is 0.667. The second-order valence-corrected chi connectivity index (χ2v) is 7.61. The van der Waals surface area contributed by atoms with Crippen LogP contribution in [0.1, 0.15) is 53.8 Å². The fourth-order valence-corrected chi connectivity index (χ4v) is 6.26. The number of aromatic carboxylic acids is 1. The van der Waals surface area contributed by atoms with Crippen LogP contribution in [0.15, 0.2) is 11.4 Å². The zero-order valence-electron chi connectivity index (χ0n) is 10.4. The topological polar surface area (TPSA) is 37.3 Å². The van der Waals surface area contributed by atoms with E-state index in [0.717, 1.165) is 17.8 Å². The number of hydrogen-bond acceptors (Lipinski definition) is 2. The van der Waals surface area contributed by atoms with E-state index in [9.17, 15) is 4.79 Å². The summed E-state index contributed by atoms with van der Waals surface area (Å²) >= 11 is 1.69. The van der Waals surface area contributed by atoms with Crippen LogP contribution in [0.5, 0.6) is 0 Å². The van der Waals surface area contributed by atoms with Crippen LogP contribution in [-0.4, -0.2) is 11.1 Å². The minimum Gasteiger partial charge on any atom is -0.478 e. The van der Waals surface area contributed by atoms with Crippen LogP contribution in [-0.2, 0) is 5.41 Å². The van der Waals surface area contributed by atoms with Gasteiger partial charge in [-0.05, 0) is 62.3 Å². The van der Waals surface area contributed by atoms with Gasteiger partial charge < -0.3 is 5.11 Å². The summed E-state index contributed by atoms with van der Waals surface area (Å²) in [7, 11) is 0. The van der Waals surface area contributed by atoms with Gasteiger partial charge in [-0.3, -0.25) is 0 Å².